The summed E-state index contributed by atoms with van der Waals surface area (Å²) in [6.45, 7) is 10.0. The van der Waals surface area contributed by atoms with E-state index in [1.54, 1.807) is 0 Å². The van der Waals surface area contributed by atoms with Gasteiger partial charge in [-0.3, -0.25) is 4.90 Å². The quantitative estimate of drug-likeness (QED) is 0.675. The Morgan fingerprint density at radius 1 is 1.50 bits per heavy atom. The second kappa shape index (κ2) is 5.07. The van der Waals surface area contributed by atoms with Crippen LogP contribution in [0.2, 0.25) is 0 Å². The smallest absolute Gasteiger partial charge is 0.0900 e. The summed E-state index contributed by atoms with van der Waals surface area (Å²) >= 11 is 0. The number of β-amino-alcohol motifs (C(OH)–C–C–N with tert-alkyl or cyclic N) is 1. The molecule has 0 amide bonds. The van der Waals surface area contributed by atoms with Crippen LogP contribution in [-0.2, 0) is 4.74 Å². The van der Waals surface area contributed by atoms with Gasteiger partial charge in [0.2, 0.25) is 0 Å². The van der Waals surface area contributed by atoms with Gasteiger partial charge in [-0.1, -0.05) is 0 Å². The van der Waals surface area contributed by atoms with Gasteiger partial charge in [-0.15, -0.1) is 0 Å². The Morgan fingerprint density at radius 3 is 2.71 bits per heavy atom. The molecule has 0 aromatic rings. The summed E-state index contributed by atoms with van der Waals surface area (Å²) in [5.74, 6) is 0. The van der Waals surface area contributed by atoms with Crippen LogP contribution >= 0.6 is 0 Å². The lowest BCUT2D eigenvalue weighted by atomic mass is 10.2. The first-order valence-corrected chi connectivity index (χ1v) is 5.22. The van der Waals surface area contributed by atoms with Crippen LogP contribution < -0.4 is 5.32 Å². The first-order valence-electron chi connectivity index (χ1n) is 5.22. The first-order chi connectivity index (χ1) is 6.47. The van der Waals surface area contributed by atoms with Gasteiger partial charge < -0.3 is 15.2 Å². The molecule has 84 valence electrons. The summed E-state index contributed by atoms with van der Waals surface area (Å²) in [7, 11) is 0. The third-order valence-electron chi connectivity index (χ3n) is 2.12. The standard InChI is InChI=1S/C10H22N2O2/c1-10(2,3)14-7-9(13)6-12-5-4-11-8-12/h9,11,13H,4-8H2,1-3H3/t9-/m0/s1. The van der Waals surface area contributed by atoms with Crippen LogP contribution in [0.3, 0.4) is 0 Å². The molecule has 4 heteroatoms. The average molecular weight is 202 g/mol. The van der Waals surface area contributed by atoms with E-state index in [9.17, 15) is 5.11 Å². The summed E-state index contributed by atoms with van der Waals surface area (Å²) in [5, 5.41) is 12.9. The van der Waals surface area contributed by atoms with E-state index in [4.69, 9.17) is 4.74 Å². The van der Waals surface area contributed by atoms with Crippen LogP contribution in [0.15, 0.2) is 0 Å². The molecule has 1 atom stereocenters. The largest absolute Gasteiger partial charge is 0.389 e. The molecule has 0 saturated carbocycles. The second-order valence-electron chi connectivity index (χ2n) is 4.81. The molecule has 14 heavy (non-hydrogen) atoms. The van der Waals surface area contributed by atoms with Crippen molar-refractivity contribution >= 4 is 0 Å². The molecule has 0 bridgehead atoms. The highest BCUT2D eigenvalue weighted by Gasteiger charge is 2.17. The van der Waals surface area contributed by atoms with Crippen LogP contribution in [0, 0.1) is 0 Å². The zero-order valence-corrected chi connectivity index (χ0v) is 9.42. The lowest BCUT2D eigenvalue weighted by Gasteiger charge is -2.24. The van der Waals surface area contributed by atoms with Gasteiger partial charge in [0.25, 0.3) is 0 Å². The second-order valence-corrected chi connectivity index (χ2v) is 4.81. The van der Waals surface area contributed by atoms with Crippen LogP contribution in [0.4, 0.5) is 0 Å². The van der Waals surface area contributed by atoms with E-state index in [0.29, 0.717) is 13.2 Å². The monoisotopic (exact) mass is 202 g/mol. The molecule has 0 aliphatic carbocycles. The summed E-state index contributed by atoms with van der Waals surface area (Å²) in [4.78, 5) is 2.19. The molecule has 0 radical (unpaired) electrons. The van der Waals surface area contributed by atoms with E-state index in [-0.39, 0.29) is 11.7 Å². The van der Waals surface area contributed by atoms with Crippen molar-refractivity contribution in [1.82, 2.24) is 10.2 Å². The van der Waals surface area contributed by atoms with Crippen LogP contribution in [0.5, 0.6) is 0 Å². The van der Waals surface area contributed by atoms with E-state index < -0.39 is 0 Å². The van der Waals surface area contributed by atoms with E-state index in [1.807, 2.05) is 20.8 Å². The number of nitrogens with one attached hydrogen (secondary N) is 1. The minimum Gasteiger partial charge on any atom is -0.389 e. The van der Waals surface area contributed by atoms with Crippen molar-refractivity contribution in [3.8, 4) is 0 Å². The Balaban J connectivity index is 2.12. The molecule has 1 heterocycles. The normalized spacial score (nSPS) is 21.4. The average Bonchev–Trinajstić information content (AvgIpc) is 2.52. The number of hydrogen-bond acceptors (Lipinski definition) is 4. The zero-order chi connectivity index (χ0) is 10.6. The van der Waals surface area contributed by atoms with Gasteiger partial charge >= 0.3 is 0 Å². The van der Waals surface area contributed by atoms with Gasteiger partial charge in [-0.05, 0) is 20.8 Å². The Labute approximate surface area is 86.2 Å². The topological polar surface area (TPSA) is 44.7 Å². The molecule has 1 rings (SSSR count). The Bertz CT molecular complexity index is 162. The predicted molar refractivity (Wildman–Crippen MR) is 56.2 cm³/mol. The number of rotatable bonds is 4. The highest BCUT2D eigenvalue weighted by Crippen LogP contribution is 2.07. The number of hydrogen-bond donors (Lipinski definition) is 2. The maximum absolute atomic E-state index is 9.68. The minimum absolute atomic E-state index is 0.162. The van der Waals surface area contributed by atoms with Gasteiger partial charge in [-0.2, -0.15) is 0 Å². The molecular weight excluding hydrogens is 180 g/mol. The van der Waals surface area contributed by atoms with Crippen LogP contribution in [0.25, 0.3) is 0 Å². The molecule has 2 N–H and O–H groups in total. The Hall–Kier alpha value is -0.160. The van der Waals surface area contributed by atoms with Crippen molar-refractivity contribution in [2.75, 3.05) is 32.9 Å². The minimum atomic E-state index is -0.380. The van der Waals surface area contributed by atoms with Crippen molar-refractivity contribution in [3.05, 3.63) is 0 Å². The van der Waals surface area contributed by atoms with Gasteiger partial charge in [-0.25, -0.2) is 0 Å². The third kappa shape index (κ3) is 4.91. The molecular formula is C10H22N2O2. The molecule has 1 aliphatic rings. The fourth-order valence-corrected chi connectivity index (χ4v) is 1.41. The van der Waals surface area contributed by atoms with E-state index in [0.717, 1.165) is 19.8 Å². The molecule has 0 unspecified atom stereocenters. The van der Waals surface area contributed by atoms with Gasteiger partial charge in [0, 0.05) is 26.3 Å². The maximum atomic E-state index is 9.68. The van der Waals surface area contributed by atoms with Crippen LogP contribution in [0.1, 0.15) is 20.8 Å². The number of ether oxygens (including phenoxy) is 1. The lowest BCUT2D eigenvalue weighted by Crippen LogP contribution is -2.36. The van der Waals surface area contributed by atoms with Crippen LogP contribution in [-0.4, -0.2) is 54.6 Å². The molecule has 1 aliphatic heterocycles. The van der Waals surface area contributed by atoms with Crippen molar-refractivity contribution in [1.29, 1.82) is 0 Å². The Kier molecular flexibility index (Phi) is 4.31. The molecule has 4 nitrogen and oxygen atoms in total. The van der Waals surface area contributed by atoms with Crippen molar-refractivity contribution in [2.45, 2.75) is 32.5 Å². The summed E-state index contributed by atoms with van der Waals surface area (Å²) in [6, 6.07) is 0. The highest BCUT2D eigenvalue weighted by molar-refractivity contribution is 4.70. The Morgan fingerprint density at radius 2 is 2.21 bits per heavy atom. The molecule has 1 saturated heterocycles. The van der Waals surface area contributed by atoms with Gasteiger partial charge in [0.15, 0.2) is 0 Å². The van der Waals surface area contributed by atoms with Gasteiger partial charge in [0.05, 0.1) is 18.3 Å². The van der Waals surface area contributed by atoms with Crippen molar-refractivity contribution < 1.29 is 9.84 Å². The summed E-state index contributed by atoms with van der Waals surface area (Å²) in [5.41, 5.74) is -0.162. The van der Waals surface area contributed by atoms with E-state index >= 15 is 0 Å². The lowest BCUT2D eigenvalue weighted by molar-refractivity contribution is -0.0548. The summed E-state index contributed by atoms with van der Waals surface area (Å²) < 4.78 is 5.50. The maximum Gasteiger partial charge on any atom is 0.0900 e. The zero-order valence-electron chi connectivity index (χ0n) is 9.42. The number of aliphatic hydroxyl groups is 1. The first kappa shape index (κ1) is 11.9. The third-order valence-corrected chi connectivity index (χ3v) is 2.12. The fourth-order valence-electron chi connectivity index (χ4n) is 1.41. The van der Waals surface area contributed by atoms with Crippen molar-refractivity contribution in [2.24, 2.45) is 0 Å². The molecule has 0 aromatic heterocycles. The molecule has 0 aromatic carbocycles. The highest BCUT2D eigenvalue weighted by atomic mass is 16.5. The van der Waals surface area contributed by atoms with Gasteiger partial charge in [0.1, 0.15) is 0 Å². The summed E-state index contributed by atoms with van der Waals surface area (Å²) in [6.07, 6.45) is -0.380. The number of nitrogens with zero attached hydrogens (tertiary/aromatic N) is 1. The number of aliphatic hydroxyl groups excluding tert-OH is 1. The predicted octanol–water partition coefficient (Wildman–Crippen LogP) is 0.0251. The fraction of sp³-hybridized carbons (Fsp3) is 1.00. The van der Waals surface area contributed by atoms with Crippen molar-refractivity contribution in [3.63, 3.8) is 0 Å². The SMILES string of the molecule is CC(C)(C)OC[C@@H](O)CN1CCNC1. The molecule has 1 fully saturated rings. The van der Waals surface area contributed by atoms with E-state index in [1.165, 1.54) is 0 Å². The van der Waals surface area contributed by atoms with E-state index in [2.05, 4.69) is 10.2 Å². The molecule has 0 spiro atoms.